The Morgan fingerprint density at radius 1 is 1.18 bits per heavy atom. The third kappa shape index (κ3) is 4.11. The molecule has 1 fully saturated rings. The highest BCUT2D eigenvalue weighted by atomic mass is 32.2. The lowest BCUT2D eigenvalue weighted by atomic mass is 10.1. The van der Waals surface area contributed by atoms with Gasteiger partial charge in [-0.25, -0.2) is 0 Å². The van der Waals surface area contributed by atoms with E-state index in [1.807, 2.05) is 18.2 Å². The molecule has 1 aromatic rings. The fourth-order valence-corrected chi connectivity index (χ4v) is 3.19. The predicted molar refractivity (Wildman–Crippen MR) is 66.0 cm³/mol. The topological polar surface area (TPSA) is 55.4 Å². The highest BCUT2D eigenvalue weighted by molar-refractivity contribution is 7.85. The van der Waals surface area contributed by atoms with Gasteiger partial charge in [-0.3, -0.25) is 4.18 Å². The highest BCUT2D eigenvalue weighted by Gasteiger charge is 2.21. The zero-order chi connectivity index (χ0) is 12.1. The third-order valence-corrected chi connectivity index (χ3v) is 4.01. The summed E-state index contributed by atoms with van der Waals surface area (Å²) in [6.45, 7) is 1.65. The van der Waals surface area contributed by atoms with Crippen molar-refractivity contribution in [3.8, 4) is 0 Å². The second kappa shape index (κ2) is 5.62. The normalized spacial score (nSPS) is 18.1. The van der Waals surface area contributed by atoms with Gasteiger partial charge in [0.1, 0.15) is 5.75 Å². The smallest absolute Gasteiger partial charge is 0.271 e. The first-order valence-corrected chi connectivity index (χ1v) is 7.39. The van der Waals surface area contributed by atoms with E-state index in [1.165, 1.54) is 0 Å². The predicted octanol–water partition coefficient (Wildman–Crippen LogP) is 1.29. The van der Waals surface area contributed by atoms with E-state index in [-0.39, 0.29) is 11.9 Å². The molecule has 4 nitrogen and oxygen atoms in total. The van der Waals surface area contributed by atoms with Crippen molar-refractivity contribution in [2.45, 2.75) is 24.7 Å². The largest absolute Gasteiger partial charge is 0.317 e. The number of rotatable bonds is 4. The van der Waals surface area contributed by atoms with E-state index >= 15 is 0 Å². The summed E-state index contributed by atoms with van der Waals surface area (Å²) in [6.07, 6.45) is 1.35. The third-order valence-electron chi connectivity index (χ3n) is 2.76. The van der Waals surface area contributed by atoms with Gasteiger partial charge in [0.2, 0.25) is 0 Å². The van der Waals surface area contributed by atoms with Crippen LogP contribution < -0.4 is 5.32 Å². The maximum Gasteiger partial charge on any atom is 0.271 e. The van der Waals surface area contributed by atoms with Crippen LogP contribution in [-0.2, 0) is 20.1 Å². The minimum absolute atomic E-state index is 0.0439. The first-order chi connectivity index (χ1) is 8.16. The van der Waals surface area contributed by atoms with Gasteiger partial charge in [-0.05, 0) is 31.5 Å². The summed E-state index contributed by atoms with van der Waals surface area (Å²) in [5, 5.41) is 3.18. The van der Waals surface area contributed by atoms with Crippen LogP contribution in [0.1, 0.15) is 18.4 Å². The maximum atomic E-state index is 11.8. The summed E-state index contributed by atoms with van der Waals surface area (Å²) in [6, 6.07) is 9.11. The van der Waals surface area contributed by atoms with Crippen molar-refractivity contribution >= 4 is 10.1 Å². The van der Waals surface area contributed by atoms with Crippen LogP contribution in [0.5, 0.6) is 0 Å². The van der Waals surface area contributed by atoms with Gasteiger partial charge in [0.15, 0.2) is 0 Å². The fourth-order valence-electron chi connectivity index (χ4n) is 1.91. The van der Waals surface area contributed by atoms with Crippen molar-refractivity contribution in [3.05, 3.63) is 35.9 Å². The van der Waals surface area contributed by atoms with Crippen LogP contribution in [0.15, 0.2) is 30.3 Å². The second-order valence-electron chi connectivity index (χ2n) is 4.23. The summed E-state index contributed by atoms with van der Waals surface area (Å²) in [4.78, 5) is 0. The van der Waals surface area contributed by atoms with Gasteiger partial charge >= 0.3 is 0 Å². The average Bonchev–Trinajstić information content (AvgIpc) is 2.30. The molecule has 1 heterocycles. The lowest BCUT2D eigenvalue weighted by Gasteiger charge is -2.22. The standard InChI is InChI=1S/C12H17NO3S/c14-17(15,10-11-4-2-1-3-5-11)16-12-6-8-13-9-7-12/h1-5,12-13H,6-10H2. The average molecular weight is 255 g/mol. The molecular formula is C12H17NO3S. The van der Waals surface area contributed by atoms with E-state index in [9.17, 15) is 8.42 Å². The monoisotopic (exact) mass is 255 g/mol. The van der Waals surface area contributed by atoms with Crippen molar-refractivity contribution in [1.29, 1.82) is 0 Å². The summed E-state index contributed by atoms with van der Waals surface area (Å²) in [7, 11) is -3.46. The second-order valence-corrected chi connectivity index (χ2v) is 5.83. The molecule has 0 saturated carbocycles. The van der Waals surface area contributed by atoms with Crippen LogP contribution in [0.3, 0.4) is 0 Å². The van der Waals surface area contributed by atoms with E-state index < -0.39 is 10.1 Å². The first-order valence-electron chi connectivity index (χ1n) is 5.81. The molecule has 0 spiro atoms. The highest BCUT2D eigenvalue weighted by Crippen LogP contribution is 2.14. The molecule has 2 rings (SSSR count). The molecular weight excluding hydrogens is 238 g/mol. The zero-order valence-electron chi connectivity index (χ0n) is 9.63. The molecule has 0 bridgehead atoms. The molecule has 17 heavy (non-hydrogen) atoms. The molecule has 0 aromatic heterocycles. The molecule has 1 aliphatic heterocycles. The van der Waals surface area contributed by atoms with E-state index in [4.69, 9.17) is 4.18 Å². The Bertz CT molecular complexity index is 438. The summed E-state index contributed by atoms with van der Waals surface area (Å²) >= 11 is 0. The molecule has 0 unspecified atom stereocenters. The summed E-state index contributed by atoms with van der Waals surface area (Å²) in [5.74, 6) is -0.0439. The molecule has 1 aromatic carbocycles. The maximum absolute atomic E-state index is 11.8. The van der Waals surface area contributed by atoms with Gasteiger partial charge in [0.05, 0.1) is 6.10 Å². The van der Waals surface area contributed by atoms with Crippen LogP contribution in [0.4, 0.5) is 0 Å². The zero-order valence-corrected chi connectivity index (χ0v) is 10.4. The Morgan fingerprint density at radius 3 is 2.47 bits per heavy atom. The van der Waals surface area contributed by atoms with Crippen LogP contribution in [0.2, 0.25) is 0 Å². The lowest BCUT2D eigenvalue weighted by molar-refractivity contribution is 0.169. The Kier molecular flexibility index (Phi) is 4.15. The van der Waals surface area contributed by atoms with Gasteiger partial charge in [0, 0.05) is 0 Å². The molecule has 0 aliphatic carbocycles. The molecule has 5 heteroatoms. The van der Waals surface area contributed by atoms with Gasteiger partial charge in [-0.1, -0.05) is 30.3 Å². The Labute approximate surface area is 102 Å². The number of piperidine rings is 1. The fraction of sp³-hybridized carbons (Fsp3) is 0.500. The number of hydrogen-bond donors (Lipinski definition) is 1. The van der Waals surface area contributed by atoms with Crippen molar-refractivity contribution in [3.63, 3.8) is 0 Å². The van der Waals surface area contributed by atoms with Crippen molar-refractivity contribution < 1.29 is 12.6 Å². The molecule has 0 atom stereocenters. The molecule has 94 valence electrons. The quantitative estimate of drug-likeness (QED) is 0.824. The van der Waals surface area contributed by atoms with Crippen LogP contribution >= 0.6 is 0 Å². The molecule has 0 amide bonds. The van der Waals surface area contributed by atoms with Gasteiger partial charge < -0.3 is 5.32 Å². The van der Waals surface area contributed by atoms with E-state index in [2.05, 4.69) is 5.32 Å². The van der Waals surface area contributed by atoms with Crippen molar-refractivity contribution in [2.75, 3.05) is 13.1 Å². The van der Waals surface area contributed by atoms with Crippen molar-refractivity contribution in [2.24, 2.45) is 0 Å². The minimum Gasteiger partial charge on any atom is -0.317 e. The van der Waals surface area contributed by atoms with Crippen LogP contribution in [0.25, 0.3) is 0 Å². The van der Waals surface area contributed by atoms with Gasteiger partial charge in [-0.2, -0.15) is 8.42 Å². The van der Waals surface area contributed by atoms with E-state index in [0.29, 0.717) is 0 Å². The van der Waals surface area contributed by atoms with Gasteiger partial charge in [0.25, 0.3) is 10.1 Å². The van der Waals surface area contributed by atoms with Gasteiger partial charge in [-0.15, -0.1) is 0 Å². The van der Waals surface area contributed by atoms with E-state index in [1.54, 1.807) is 12.1 Å². The molecule has 1 aliphatic rings. The molecule has 1 N–H and O–H groups in total. The van der Waals surface area contributed by atoms with Crippen LogP contribution in [0, 0.1) is 0 Å². The van der Waals surface area contributed by atoms with E-state index in [0.717, 1.165) is 31.5 Å². The van der Waals surface area contributed by atoms with Crippen LogP contribution in [-0.4, -0.2) is 27.6 Å². The minimum atomic E-state index is -3.46. The summed E-state index contributed by atoms with van der Waals surface area (Å²) in [5.41, 5.74) is 0.765. The van der Waals surface area contributed by atoms with Crippen molar-refractivity contribution in [1.82, 2.24) is 5.32 Å². The SMILES string of the molecule is O=S(=O)(Cc1ccccc1)OC1CCNCC1. The first kappa shape index (κ1) is 12.5. The Hall–Kier alpha value is -0.910. The molecule has 0 radical (unpaired) electrons. The lowest BCUT2D eigenvalue weighted by Crippen LogP contribution is -2.34. The Morgan fingerprint density at radius 2 is 1.82 bits per heavy atom. The number of benzene rings is 1. The number of nitrogens with one attached hydrogen (secondary N) is 1. The molecule has 1 saturated heterocycles. The Balaban J connectivity index is 1.94. The number of hydrogen-bond acceptors (Lipinski definition) is 4. The summed E-state index contributed by atoms with van der Waals surface area (Å²) < 4.78 is 28.9.